The molecule has 3 rings (SSSR count). The summed E-state index contributed by atoms with van der Waals surface area (Å²) in [7, 11) is 0. The molecule has 2 saturated heterocycles. The molecule has 2 aliphatic heterocycles. The summed E-state index contributed by atoms with van der Waals surface area (Å²) in [6, 6.07) is -6.61. The largest absolute Gasteiger partial charge is 0.458 e. The maximum atomic E-state index is 15.5. The van der Waals surface area contributed by atoms with E-state index in [4.69, 9.17) is 10.5 Å². The van der Waals surface area contributed by atoms with Crippen LogP contribution in [0, 0.1) is 53.3 Å². The lowest BCUT2D eigenvalue weighted by molar-refractivity contribution is -0.157. The molecule has 2 aliphatic rings. The third-order valence-corrected chi connectivity index (χ3v) is 20.8. The molecule has 0 unspecified atom stereocenters. The highest BCUT2D eigenvalue weighted by Crippen LogP contribution is 2.28. The molecule has 620 valence electrons. The Hall–Kier alpha value is -8.34. The van der Waals surface area contributed by atoms with Crippen molar-refractivity contribution in [3.05, 3.63) is 47.7 Å². The summed E-state index contributed by atoms with van der Waals surface area (Å²) in [6.07, 6.45) is 2.45. The van der Waals surface area contributed by atoms with E-state index in [0.717, 1.165) is 6.42 Å². The molecule has 0 bridgehead atoms. The van der Waals surface area contributed by atoms with E-state index in [2.05, 4.69) is 53.2 Å². The SMILES string of the molecule is C/C=C1\NC(=O)[C@H](Cc2ccccc2)NC(=O)[C@@H](C(C)C)N(C(C)C)C(=O)[C@@H]([C@@H](C)CC)NC(=O)[C@H](NC(=O)[C@H](NC(=O)[C@H](CCCCCN)CC(=O)[C@H]2CCCN2C(=O)[C@H](NC(=O)[C@@H](NC(=O)[C@@H](NC(=O)[C@H](NC(=O)CCCC(C)C)C(C)C)[C@@H](C)O)C(C)C)C(C)C)[C@@H](C)CC)[C@H](C)OC(=O)[C@H](C(C)C)NC1=O. The average molecular weight is 1550 g/mol. The topological polar surface area (TPSA) is 421 Å². The molecule has 0 radical (unpaired) electrons. The number of amides is 12. The van der Waals surface area contributed by atoms with Crippen LogP contribution in [0.1, 0.15) is 228 Å². The Kier molecular flexibility index (Phi) is 40.5. The number of nitrogens with two attached hydrogens (primary N) is 1. The summed E-state index contributed by atoms with van der Waals surface area (Å²) in [5, 5.41) is 38.3. The van der Waals surface area contributed by atoms with E-state index in [1.54, 1.807) is 141 Å². The minimum Gasteiger partial charge on any atom is -0.458 e. The number of ether oxygens (including phenoxy) is 1. The van der Waals surface area contributed by atoms with Crippen molar-refractivity contribution in [2.24, 2.45) is 59.0 Å². The number of esters is 1. The zero-order valence-electron chi connectivity index (χ0n) is 69.4. The highest BCUT2D eigenvalue weighted by atomic mass is 16.5. The van der Waals surface area contributed by atoms with Gasteiger partial charge in [0.2, 0.25) is 65.0 Å². The van der Waals surface area contributed by atoms with E-state index < -0.39 is 209 Å². The molecule has 29 nitrogen and oxygen atoms in total. The van der Waals surface area contributed by atoms with E-state index in [9.17, 15) is 53.1 Å². The van der Waals surface area contributed by atoms with Crippen molar-refractivity contribution < 1.29 is 77.0 Å². The first-order chi connectivity index (χ1) is 51.6. The maximum Gasteiger partial charge on any atom is 0.329 e. The lowest BCUT2D eigenvalue weighted by atomic mass is 9.90. The minimum atomic E-state index is -1.81. The number of aliphatic hydroxyl groups excluding tert-OH is 1. The number of carbonyl (C=O) groups is 14. The molecular weight excluding hydrogens is 1410 g/mol. The van der Waals surface area contributed by atoms with Gasteiger partial charge in [0, 0.05) is 37.8 Å². The summed E-state index contributed by atoms with van der Waals surface area (Å²) in [5.74, 6) is -15.3. The fourth-order valence-electron chi connectivity index (χ4n) is 13.6. The van der Waals surface area contributed by atoms with Crippen molar-refractivity contribution in [1.82, 2.24) is 63.0 Å². The first kappa shape index (κ1) is 95.9. The van der Waals surface area contributed by atoms with E-state index in [-0.39, 0.29) is 56.7 Å². The van der Waals surface area contributed by atoms with Gasteiger partial charge in [-0.2, -0.15) is 0 Å². The Morgan fingerprint density at radius 1 is 0.627 bits per heavy atom. The molecule has 0 spiro atoms. The van der Waals surface area contributed by atoms with Gasteiger partial charge in [0.25, 0.3) is 5.91 Å². The smallest absolute Gasteiger partial charge is 0.329 e. The molecule has 13 N–H and O–H groups in total. The van der Waals surface area contributed by atoms with Gasteiger partial charge in [-0.15, -0.1) is 0 Å². The highest BCUT2D eigenvalue weighted by Gasteiger charge is 2.46. The number of Topliss-reactive ketones (excluding diaryl/α,β-unsaturated/α-hetero) is 1. The second-order valence-electron chi connectivity index (χ2n) is 32.5. The monoisotopic (exact) mass is 1550 g/mol. The van der Waals surface area contributed by atoms with Gasteiger partial charge < -0.3 is 78.5 Å². The quantitative estimate of drug-likeness (QED) is 0.0241. The van der Waals surface area contributed by atoms with E-state index in [0.29, 0.717) is 56.6 Å². The van der Waals surface area contributed by atoms with Crippen LogP contribution in [0.25, 0.3) is 0 Å². The molecule has 0 saturated carbocycles. The standard InChI is InChI=1S/C81H135N13O16/c1-22-50(18)65(75(103)92-68-53(21)110-81(109)64(47(12)13)88-71(99)56(24-3)83-72(100)57(41-54-34-27-25-28-35-54)84-78(106)69(48(14)15)94(49(16)17)80(108)66(51(19)23-2)90-77(68)105)89-70(98)55(36-29-26-30-39-82)42-59(96)58-37-32-40-93(58)79(107)63(46(10)11)87-74(102)62(45(8)9)86-76(104)67(52(20)95)91-73(101)61(44(6)7)85-60(97)38-31-33-43(4)5/h24-25,27-28,34-35,43-53,55,57-58,61-69,95H,22-23,26,29-33,36-42,82H2,1-21H3,(H,83,100)(H,84,106)(H,85,97)(H,86,104)(H,87,102)(H,88,99)(H,89,98)(H,90,105)(H,91,101)(H,92,103)/b56-24-/t50-,51-,52+,53-,55+,57-,58+,61+,62-,63+,64-,65+,66+,67-,68+,69+/m0/s1. The molecule has 1 aromatic carbocycles. The number of benzene rings is 1. The number of allylic oxidation sites excluding steroid dienone is 1. The van der Waals surface area contributed by atoms with Crippen molar-refractivity contribution >= 4 is 82.6 Å². The van der Waals surface area contributed by atoms with Crippen LogP contribution in [0.5, 0.6) is 0 Å². The van der Waals surface area contributed by atoms with Crippen LogP contribution in [-0.2, 0) is 78.3 Å². The fraction of sp³-hybridized carbons (Fsp3) is 0.728. The molecule has 0 aliphatic carbocycles. The molecule has 1 aromatic rings. The number of nitrogens with zero attached hydrogens (tertiary/aromatic N) is 2. The number of unbranched alkanes of at least 4 members (excludes halogenated alkanes) is 2. The second kappa shape index (κ2) is 46.5. The Morgan fingerprint density at radius 3 is 1.73 bits per heavy atom. The molecule has 29 heteroatoms. The molecule has 2 fully saturated rings. The highest BCUT2D eigenvalue weighted by molar-refractivity contribution is 6.03. The minimum absolute atomic E-state index is 0.0298. The lowest BCUT2D eigenvalue weighted by Gasteiger charge is -2.40. The van der Waals surface area contributed by atoms with Crippen LogP contribution in [0.3, 0.4) is 0 Å². The predicted octanol–water partition coefficient (Wildman–Crippen LogP) is 4.83. The third kappa shape index (κ3) is 28.8. The number of aliphatic hydroxyl groups is 1. The second-order valence-corrected chi connectivity index (χ2v) is 32.5. The van der Waals surface area contributed by atoms with E-state index in [1.807, 2.05) is 13.8 Å². The van der Waals surface area contributed by atoms with Crippen LogP contribution in [0.2, 0.25) is 0 Å². The van der Waals surface area contributed by atoms with Crippen LogP contribution >= 0.6 is 0 Å². The van der Waals surface area contributed by atoms with Crippen LogP contribution < -0.4 is 58.9 Å². The summed E-state index contributed by atoms with van der Waals surface area (Å²) in [4.78, 5) is 207. The maximum absolute atomic E-state index is 15.5. The van der Waals surface area contributed by atoms with Crippen LogP contribution in [-0.4, -0.2) is 195 Å². The number of hydrogen-bond acceptors (Lipinski definition) is 17. The van der Waals surface area contributed by atoms with Crippen molar-refractivity contribution in [3.8, 4) is 0 Å². The number of nitrogens with one attached hydrogen (secondary N) is 10. The van der Waals surface area contributed by atoms with E-state index >= 15 is 19.2 Å². The first-order valence-electron chi connectivity index (χ1n) is 40.1. The molecule has 0 aromatic heterocycles. The van der Waals surface area contributed by atoms with Gasteiger partial charge in [-0.25, -0.2) is 4.79 Å². The Morgan fingerprint density at radius 2 is 1.20 bits per heavy atom. The Bertz CT molecular complexity index is 3290. The normalized spacial score (nSPS) is 22.3. The summed E-state index contributed by atoms with van der Waals surface area (Å²) < 4.78 is 6.06. The zero-order valence-corrected chi connectivity index (χ0v) is 69.4. The number of rotatable bonds is 37. The number of ketones is 1. The van der Waals surface area contributed by atoms with Crippen molar-refractivity contribution in [3.63, 3.8) is 0 Å². The van der Waals surface area contributed by atoms with Crippen molar-refractivity contribution in [1.29, 1.82) is 0 Å². The lowest BCUT2D eigenvalue weighted by Crippen LogP contribution is -2.65. The summed E-state index contributed by atoms with van der Waals surface area (Å²) in [5.41, 5.74) is 6.29. The van der Waals surface area contributed by atoms with Gasteiger partial charge in [0.05, 0.1) is 12.1 Å². The number of hydrogen-bond donors (Lipinski definition) is 12. The number of likely N-dealkylation sites (tertiary alicyclic amines) is 1. The summed E-state index contributed by atoms with van der Waals surface area (Å²) >= 11 is 0. The number of cyclic esters (lactones) is 1. The number of carbonyl (C=O) groups excluding carboxylic acids is 14. The van der Waals surface area contributed by atoms with Crippen LogP contribution in [0.4, 0.5) is 0 Å². The molecular formula is C81H135N13O16. The first-order valence-corrected chi connectivity index (χ1v) is 40.1. The zero-order chi connectivity index (χ0) is 83.3. The van der Waals surface area contributed by atoms with Crippen molar-refractivity contribution in [2.45, 2.75) is 314 Å². The average Bonchev–Trinajstić information content (AvgIpc) is 1.29. The molecule has 12 amide bonds. The van der Waals surface area contributed by atoms with Gasteiger partial charge in [-0.1, -0.05) is 179 Å². The Balaban J connectivity index is 2.08. The van der Waals surface area contributed by atoms with Crippen LogP contribution in [0.15, 0.2) is 42.1 Å². The Labute approximate surface area is 653 Å². The van der Waals surface area contributed by atoms with Gasteiger partial charge >= 0.3 is 5.97 Å². The predicted molar refractivity (Wildman–Crippen MR) is 420 cm³/mol. The summed E-state index contributed by atoms with van der Waals surface area (Å²) in [6.45, 7) is 36.0. The van der Waals surface area contributed by atoms with Gasteiger partial charge in [0.1, 0.15) is 72.2 Å². The third-order valence-electron chi connectivity index (χ3n) is 20.8. The van der Waals surface area contributed by atoms with Crippen molar-refractivity contribution in [2.75, 3.05) is 13.1 Å². The fourth-order valence-corrected chi connectivity index (χ4v) is 13.6. The molecule has 110 heavy (non-hydrogen) atoms. The van der Waals surface area contributed by atoms with Gasteiger partial charge in [-0.3, -0.25) is 62.3 Å². The molecule has 2 heterocycles. The van der Waals surface area contributed by atoms with Gasteiger partial charge in [0.15, 0.2) is 5.78 Å². The molecule has 16 atom stereocenters. The van der Waals surface area contributed by atoms with Gasteiger partial charge in [-0.05, 0) is 126 Å². The van der Waals surface area contributed by atoms with E-state index in [1.165, 1.54) is 36.6 Å².